The van der Waals surface area contributed by atoms with Gasteiger partial charge in [0.1, 0.15) is 0 Å². The molecule has 3 rings (SSSR count). The fourth-order valence-corrected chi connectivity index (χ4v) is 4.08. The van der Waals surface area contributed by atoms with Crippen LogP contribution < -0.4 is 0 Å². The van der Waals surface area contributed by atoms with E-state index in [0.29, 0.717) is 13.0 Å². The molecule has 0 radical (unpaired) electrons. The third-order valence-electron chi connectivity index (χ3n) is 5.26. The number of β-amino-alcohol motifs (C(OH)–C–C–N with tert-alkyl or cyclic N) is 1. The summed E-state index contributed by atoms with van der Waals surface area (Å²) in [6, 6.07) is 10.0. The zero-order chi connectivity index (χ0) is 17.2. The Morgan fingerprint density at radius 2 is 1.88 bits per heavy atom. The van der Waals surface area contributed by atoms with Crippen LogP contribution in [0.1, 0.15) is 37.7 Å². The van der Waals surface area contributed by atoms with Gasteiger partial charge in [-0.15, -0.1) is 0 Å². The van der Waals surface area contributed by atoms with Crippen LogP contribution >= 0.6 is 0 Å². The number of imide groups is 1. The van der Waals surface area contributed by atoms with Crippen LogP contribution in [0.4, 0.5) is 0 Å². The summed E-state index contributed by atoms with van der Waals surface area (Å²) in [6.07, 6.45) is 3.29. The van der Waals surface area contributed by atoms with Gasteiger partial charge in [-0.25, -0.2) is 0 Å². The lowest BCUT2D eigenvalue weighted by atomic mass is 9.84. The van der Waals surface area contributed by atoms with Gasteiger partial charge < -0.3 is 5.11 Å². The summed E-state index contributed by atoms with van der Waals surface area (Å²) in [4.78, 5) is 28.2. The lowest BCUT2D eigenvalue weighted by Gasteiger charge is -2.25. The van der Waals surface area contributed by atoms with Crippen LogP contribution in [0.5, 0.6) is 0 Å². The van der Waals surface area contributed by atoms with E-state index in [2.05, 4.69) is 0 Å². The molecule has 1 aliphatic heterocycles. The molecule has 1 aliphatic carbocycles. The van der Waals surface area contributed by atoms with Crippen molar-refractivity contribution >= 4 is 11.8 Å². The number of amides is 2. The predicted molar refractivity (Wildman–Crippen MR) is 91.0 cm³/mol. The molecule has 130 valence electrons. The molecular formula is C19H26N2O3. The van der Waals surface area contributed by atoms with E-state index in [1.807, 2.05) is 42.3 Å². The molecule has 2 aliphatic rings. The summed E-state index contributed by atoms with van der Waals surface area (Å²) in [6.45, 7) is 1.27. The molecule has 1 heterocycles. The highest BCUT2D eigenvalue weighted by Crippen LogP contribution is 2.46. The molecule has 5 nitrogen and oxygen atoms in total. The fourth-order valence-electron chi connectivity index (χ4n) is 4.08. The number of likely N-dealkylation sites (tertiary alicyclic amines) is 1. The number of carbonyl (C=O) groups is 2. The van der Waals surface area contributed by atoms with Gasteiger partial charge in [0.15, 0.2) is 0 Å². The van der Waals surface area contributed by atoms with Crippen LogP contribution in [-0.2, 0) is 16.1 Å². The minimum atomic E-state index is -0.719. The summed E-state index contributed by atoms with van der Waals surface area (Å²) in [5.74, 6) is -0.179. The molecule has 0 bridgehead atoms. The van der Waals surface area contributed by atoms with Gasteiger partial charge in [0, 0.05) is 19.5 Å². The summed E-state index contributed by atoms with van der Waals surface area (Å²) in [5, 5.41) is 10.3. The normalized spacial score (nSPS) is 21.2. The van der Waals surface area contributed by atoms with E-state index in [1.54, 1.807) is 0 Å². The Kier molecular flexibility index (Phi) is 5.01. The van der Waals surface area contributed by atoms with Crippen molar-refractivity contribution in [1.82, 2.24) is 9.80 Å². The van der Waals surface area contributed by atoms with Crippen molar-refractivity contribution in [2.75, 3.05) is 20.1 Å². The number of hydrogen-bond acceptors (Lipinski definition) is 4. The fraction of sp³-hybridized carbons (Fsp3) is 0.579. The minimum Gasteiger partial charge on any atom is -0.390 e. The molecule has 24 heavy (non-hydrogen) atoms. The van der Waals surface area contributed by atoms with E-state index in [0.717, 1.165) is 32.2 Å². The first kappa shape index (κ1) is 17.1. The maximum atomic E-state index is 12.6. The van der Waals surface area contributed by atoms with Gasteiger partial charge in [-0.3, -0.25) is 19.4 Å². The van der Waals surface area contributed by atoms with E-state index >= 15 is 0 Å². The van der Waals surface area contributed by atoms with Crippen LogP contribution in [0, 0.1) is 5.41 Å². The first-order chi connectivity index (χ1) is 11.5. The van der Waals surface area contributed by atoms with Gasteiger partial charge in [-0.05, 0) is 25.5 Å². The van der Waals surface area contributed by atoms with Crippen molar-refractivity contribution < 1.29 is 14.7 Å². The number of likely N-dealkylation sites (N-methyl/N-ethyl adjacent to an activating group) is 1. The van der Waals surface area contributed by atoms with Crippen molar-refractivity contribution in [3.05, 3.63) is 35.9 Å². The van der Waals surface area contributed by atoms with E-state index < -0.39 is 11.5 Å². The topological polar surface area (TPSA) is 60.9 Å². The Morgan fingerprint density at radius 1 is 1.21 bits per heavy atom. The van der Waals surface area contributed by atoms with Crippen molar-refractivity contribution in [1.29, 1.82) is 0 Å². The zero-order valence-electron chi connectivity index (χ0n) is 14.3. The monoisotopic (exact) mass is 330 g/mol. The number of aliphatic hydroxyl groups is 1. The Morgan fingerprint density at radius 3 is 2.54 bits per heavy atom. The molecule has 0 aromatic heterocycles. The maximum Gasteiger partial charge on any atom is 0.235 e. The number of carbonyl (C=O) groups excluding carboxylic acids is 2. The lowest BCUT2D eigenvalue weighted by molar-refractivity contribution is -0.143. The maximum absolute atomic E-state index is 12.6. The zero-order valence-corrected chi connectivity index (χ0v) is 14.3. The van der Waals surface area contributed by atoms with E-state index in [1.165, 1.54) is 10.5 Å². The molecule has 5 heteroatoms. The van der Waals surface area contributed by atoms with E-state index in [4.69, 9.17) is 0 Å². The second kappa shape index (κ2) is 7.03. The van der Waals surface area contributed by atoms with Crippen molar-refractivity contribution in [2.24, 2.45) is 5.41 Å². The smallest absolute Gasteiger partial charge is 0.235 e. The van der Waals surface area contributed by atoms with Crippen LogP contribution in [0.2, 0.25) is 0 Å². The average molecular weight is 330 g/mol. The van der Waals surface area contributed by atoms with Gasteiger partial charge in [-0.2, -0.15) is 0 Å². The van der Waals surface area contributed by atoms with Crippen LogP contribution in [-0.4, -0.2) is 53.0 Å². The third-order valence-corrected chi connectivity index (χ3v) is 5.26. The Bertz CT molecular complexity index is 596. The van der Waals surface area contributed by atoms with E-state index in [9.17, 15) is 14.7 Å². The SMILES string of the molecule is CN(Cc1ccccc1)CC(O)CN1C(=O)CC2(CCCC2)C1=O. The standard InChI is InChI=1S/C19H26N2O3/c1-20(12-15-7-3-2-4-8-15)13-16(22)14-21-17(23)11-19(18(21)24)9-5-6-10-19/h2-4,7-8,16,22H,5-6,9-14H2,1H3. The highest BCUT2D eigenvalue weighted by atomic mass is 16.3. The highest BCUT2D eigenvalue weighted by molar-refractivity contribution is 6.06. The second-order valence-electron chi connectivity index (χ2n) is 7.31. The lowest BCUT2D eigenvalue weighted by Crippen LogP contribution is -2.43. The molecule has 1 aromatic carbocycles. The van der Waals surface area contributed by atoms with Crippen LogP contribution in [0.15, 0.2) is 30.3 Å². The number of benzene rings is 1. The molecule has 1 aromatic rings. The van der Waals surface area contributed by atoms with Gasteiger partial charge in [0.25, 0.3) is 0 Å². The Labute approximate surface area is 143 Å². The molecule has 1 saturated carbocycles. The number of aliphatic hydroxyl groups excluding tert-OH is 1. The van der Waals surface area contributed by atoms with E-state index in [-0.39, 0.29) is 18.4 Å². The average Bonchev–Trinajstić information content (AvgIpc) is 3.09. The molecule has 1 saturated heterocycles. The predicted octanol–water partition coefficient (Wildman–Crippen LogP) is 1.80. The molecule has 1 unspecified atom stereocenters. The molecule has 2 fully saturated rings. The van der Waals surface area contributed by atoms with Crippen molar-refractivity contribution in [3.8, 4) is 0 Å². The van der Waals surface area contributed by atoms with Crippen molar-refractivity contribution in [3.63, 3.8) is 0 Å². The summed E-state index contributed by atoms with van der Waals surface area (Å²) >= 11 is 0. The van der Waals surface area contributed by atoms with Gasteiger partial charge in [0.2, 0.25) is 11.8 Å². The molecule has 1 N–H and O–H groups in total. The van der Waals surface area contributed by atoms with Crippen LogP contribution in [0.25, 0.3) is 0 Å². The van der Waals surface area contributed by atoms with Gasteiger partial charge >= 0.3 is 0 Å². The van der Waals surface area contributed by atoms with Gasteiger partial charge in [-0.1, -0.05) is 43.2 Å². The highest BCUT2D eigenvalue weighted by Gasteiger charge is 2.52. The number of hydrogen-bond donors (Lipinski definition) is 1. The second-order valence-corrected chi connectivity index (χ2v) is 7.31. The van der Waals surface area contributed by atoms with Crippen LogP contribution in [0.3, 0.4) is 0 Å². The number of nitrogens with zero attached hydrogens (tertiary/aromatic N) is 2. The molecule has 2 amide bonds. The third kappa shape index (κ3) is 3.52. The molecular weight excluding hydrogens is 304 g/mol. The van der Waals surface area contributed by atoms with Crippen molar-refractivity contribution in [2.45, 2.75) is 44.8 Å². The summed E-state index contributed by atoms with van der Waals surface area (Å²) in [5.41, 5.74) is 0.720. The number of rotatable bonds is 6. The molecule has 1 spiro atoms. The Hall–Kier alpha value is -1.72. The quantitative estimate of drug-likeness (QED) is 0.808. The first-order valence-electron chi connectivity index (χ1n) is 8.75. The van der Waals surface area contributed by atoms with Gasteiger partial charge in [0.05, 0.1) is 18.1 Å². The Balaban J connectivity index is 1.54. The summed E-state index contributed by atoms with van der Waals surface area (Å²) in [7, 11) is 1.93. The first-order valence-corrected chi connectivity index (χ1v) is 8.75. The summed E-state index contributed by atoms with van der Waals surface area (Å²) < 4.78 is 0. The minimum absolute atomic E-state index is 0.0604. The molecule has 1 atom stereocenters. The largest absolute Gasteiger partial charge is 0.390 e.